The minimum absolute atomic E-state index is 0.212. The van der Waals surface area contributed by atoms with E-state index in [1.165, 1.54) is 4.68 Å². The van der Waals surface area contributed by atoms with E-state index in [1.807, 2.05) is 55.5 Å². The topological polar surface area (TPSA) is 55.2 Å². The Balaban J connectivity index is 1.86. The molecule has 0 saturated carbocycles. The minimum Gasteiger partial charge on any atom is -0.307 e. The summed E-state index contributed by atoms with van der Waals surface area (Å²) in [5, 5.41) is 7.53. The van der Waals surface area contributed by atoms with Gasteiger partial charge in [0.1, 0.15) is 0 Å². The first-order valence-corrected chi connectivity index (χ1v) is 8.87. The van der Waals surface area contributed by atoms with Gasteiger partial charge >= 0.3 is 0 Å². The van der Waals surface area contributed by atoms with E-state index in [1.54, 1.807) is 30.1 Å². The molecule has 0 N–H and O–H groups in total. The molecule has 0 radical (unpaired) electrons. The fourth-order valence-corrected chi connectivity index (χ4v) is 3.37. The average Bonchev–Trinajstić information content (AvgIpc) is 2.71. The number of aryl methyl sites for hydroxylation is 1. The summed E-state index contributed by atoms with van der Waals surface area (Å²) >= 11 is 0. The SMILES string of the molecule is CCN(C(=O)c1nn(C)c(=O)c2ccccc12)c1ccc2ccccc2c1. The molecule has 1 amide bonds. The highest BCUT2D eigenvalue weighted by Gasteiger charge is 2.22. The third-order valence-electron chi connectivity index (χ3n) is 4.77. The molecule has 1 heterocycles. The summed E-state index contributed by atoms with van der Waals surface area (Å²) in [7, 11) is 1.57. The Morgan fingerprint density at radius 3 is 2.37 bits per heavy atom. The molecule has 0 atom stereocenters. The van der Waals surface area contributed by atoms with Crippen LogP contribution in [0.3, 0.4) is 0 Å². The molecule has 3 aromatic carbocycles. The van der Waals surface area contributed by atoms with E-state index >= 15 is 0 Å². The second-order valence-corrected chi connectivity index (χ2v) is 6.40. The molecule has 0 saturated heterocycles. The lowest BCUT2D eigenvalue weighted by molar-refractivity contribution is 0.0983. The lowest BCUT2D eigenvalue weighted by atomic mass is 10.1. The van der Waals surface area contributed by atoms with Crippen LogP contribution in [0.15, 0.2) is 71.5 Å². The van der Waals surface area contributed by atoms with Gasteiger partial charge in [-0.05, 0) is 35.9 Å². The van der Waals surface area contributed by atoms with Crippen LogP contribution < -0.4 is 10.5 Å². The molecule has 4 rings (SSSR count). The average molecular weight is 357 g/mol. The first-order valence-electron chi connectivity index (χ1n) is 8.87. The lowest BCUT2D eigenvalue weighted by Crippen LogP contribution is -2.34. The van der Waals surface area contributed by atoms with Gasteiger partial charge in [0, 0.05) is 24.7 Å². The van der Waals surface area contributed by atoms with Crippen LogP contribution in [-0.4, -0.2) is 22.2 Å². The number of anilines is 1. The Labute approximate surface area is 156 Å². The summed E-state index contributed by atoms with van der Waals surface area (Å²) in [5.41, 5.74) is 0.875. The van der Waals surface area contributed by atoms with E-state index in [9.17, 15) is 9.59 Å². The van der Waals surface area contributed by atoms with Crippen LogP contribution in [0, 0.1) is 0 Å². The van der Waals surface area contributed by atoms with Gasteiger partial charge in [0.15, 0.2) is 5.69 Å². The van der Waals surface area contributed by atoms with E-state index in [4.69, 9.17) is 0 Å². The molecule has 0 unspecified atom stereocenters. The number of amides is 1. The van der Waals surface area contributed by atoms with Crippen molar-refractivity contribution in [3.8, 4) is 0 Å². The Hall–Kier alpha value is -3.47. The maximum absolute atomic E-state index is 13.3. The van der Waals surface area contributed by atoms with Crippen LogP contribution in [0.1, 0.15) is 17.4 Å². The fraction of sp³-hybridized carbons (Fsp3) is 0.136. The summed E-state index contributed by atoms with van der Waals surface area (Å²) in [6, 6.07) is 21.1. The Morgan fingerprint density at radius 2 is 1.63 bits per heavy atom. The van der Waals surface area contributed by atoms with Gasteiger partial charge in [-0.15, -0.1) is 0 Å². The van der Waals surface area contributed by atoms with Crippen molar-refractivity contribution in [1.29, 1.82) is 0 Å². The van der Waals surface area contributed by atoms with Gasteiger partial charge in [-0.1, -0.05) is 48.5 Å². The van der Waals surface area contributed by atoms with Crippen LogP contribution in [0.25, 0.3) is 21.5 Å². The molecular weight excluding hydrogens is 338 g/mol. The maximum Gasteiger partial charge on any atom is 0.279 e. The molecule has 0 bridgehead atoms. The van der Waals surface area contributed by atoms with Crippen LogP contribution in [0.4, 0.5) is 5.69 Å². The third-order valence-corrected chi connectivity index (χ3v) is 4.77. The smallest absolute Gasteiger partial charge is 0.279 e. The molecule has 0 aliphatic carbocycles. The summed E-state index contributed by atoms with van der Waals surface area (Å²) < 4.78 is 1.23. The number of benzene rings is 3. The molecule has 0 fully saturated rings. The van der Waals surface area contributed by atoms with Crippen molar-refractivity contribution in [1.82, 2.24) is 9.78 Å². The Kier molecular flexibility index (Phi) is 4.20. The summed E-state index contributed by atoms with van der Waals surface area (Å²) in [6.45, 7) is 2.42. The molecule has 4 aromatic rings. The largest absolute Gasteiger partial charge is 0.307 e. The van der Waals surface area contributed by atoms with Crippen molar-refractivity contribution in [2.45, 2.75) is 6.92 Å². The number of aromatic nitrogens is 2. The number of nitrogens with zero attached hydrogens (tertiary/aromatic N) is 3. The number of carbonyl (C=O) groups is 1. The first kappa shape index (κ1) is 17.0. The highest BCUT2D eigenvalue weighted by atomic mass is 16.2. The van der Waals surface area contributed by atoms with E-state index in [2.05, 4.69) is 5.10 Å². The van der Waals surface area contributed by atoms with Gasteiger partial charge in [-0.2, -0.15) is 5.10 Å². The highest BCUT2D eigenvalue weighted by molar-refractivity contribution is 6.12. The van der Waals surface area contributed by atoms with E-state index in [0.29, 0.717) is 17.3 Å². The van der Waals surface area contributed by atoms with Gasteiger partial charge in [0.2, 0.25) is 0 Å². The number of rotatable bonds is 3. The zero-order valence-electron chi connectivity index (χ0n) is 15.2. The van der Waals surface area contributed by atoms with E-state index < -0.39 is 0 Å². The van der Waals surface area contributed by atoms with Gasteiger partial charge in [0.05, 0.1) is 5.39 Å². The van der Waals surface area contributed by atoms with Crippen molar-refractivity contribution in [2.24, 2.45) is 7.05 Å². The van der Waals surface area contributed by atoms with Crippen LogP contribution >= 0.6 is 0 Å². The van der Waals surface area contributed by atoms with Crippen molar-refractivity contribution in [2.75, 3.05) is 11.4 Å². The first-order chi connectivity index (χ1) is 13.1. The quantitative estimate of drug-likeness (QED) is 0.561. The molecule has 1 aromatic heterocycles. The molecule has 0 spiro atoms. The highest BCUT2D eigenvalue weighted by Crippen LogP contribution is 2.24. The standard InChI is InChI=1S/C22H19N3O2/c1-3-25(17-13-12-15-8-4-5-9-16(15)14-17)22(27)20-18-10-6-7-11-19(18)21(26)24(2)23-20/h4-14H,3H2,1-2H3. The van der Waals surface area contributed by atoms with E-state index in [-0.39, 0.29) is 17.2 Å². The lowest BCUT2D eigenvalue weighted by Gasteiger charge is -2.22. The van der Waals surface area contributed by atoms with Crippen molar-refractivity contribution in [3.05, 3.63) is 82.8 Å². The Morgan fingerprint density at radius 1 is 0.963 bits per heavy atom. The predicted octanol–water partition coefficient (Wildman–Crippen LogP) is 3.75. The number of hydrogen-bond donors (Lipinski definition) is 0. The number of fused-ring (bicyclic) bond motifs is 2. The fourth-order valence-electron chi connectivity index (χ4n) is 3.37. The predicted molar refractivity (Wildman–Crippen MR) is 108 cm³/mol. The van der Waals surface area contributed by atoms with Crippen molar-refractivity contribution >= 4 is 33.1 Å². The zero-order chi connectivity index (χ0) is 19.0. The van der Waals surface area contributed by atoms with Gasteiger partial charge in [-0.25, -0.2) is 4.68 Å². The third kappa shape index (κ3) is 2.87. The number of hydrogen-bond acceptors (Lipinski definition) is 3. The van der Waals surface area contributed by atoms with Crippen molar-refractivity contribution < 1.29 is 4.79 Å². The van der Waals surface area contributed by atoms with E-state index in [0.717, 1.165) is 16.5 Å². The molecule has 0 aliphatic heterocycles. The molecule has 5 nitrogen and oxygen atoms in total. The minimum atomic E-state index is -0.223. The van der Waals surface area contributed by atoms with Gasteiger partial charge in [0.25, 0.3) is 11.5 Å². The van der Waals surface area contributed by atoms with Gasteiger partial charge in [-0.3, -0.25) is 9.59 Å². The monoisotopic (exact) mass is 357 g/mol. The molecule has 5 heteroatoms. The molecular formula is C22H19N3O2. The maximum atomic E-state index is 13.3. The normalized spacial score (nSPS) is 11.0. The second kappa shape index (κ2) is 6.68. The molecule has 27 heavy (non-hydrogen) atoms. The summed E-state index contributed by atoms with van der Waals surface area (Å²) in [5.74, 6) is -0.223. The second-order valence-electron chi connectivity index (χ2n) is 6.40. The number of carbonyl (C=O) groups excluding carboxylic acids is 1. The summed E-state index contributed by atoms with van der Waals surface area (Å²) in [4.78, 5) is 27.4. The summed E-state index contributed by atoms with van der Waals surface area (Å²) in [6.07, 6.45) is 0. The van der Waals surface area contributed by atoms with Crippen LogP contribution in [0.2, 0.25) is 0 Å². The van der Waals surface area contributed by atoms with Crippen LogP contribution in [-0.2, 0) is 7.05 Å². The van der Waals surface area contributed by atoms with Crippen LogP contribution in [0.5, 0.6) is 0 Å². The molecule has 0 aliphatic rings. The van der Waals surface area contributed by atoms with Gasteiger partial charge < -0.3 is 4.90 Å². The Bertz CT molecular complexity index is 1230. The van der Waals surface area contributed by atoms with Crippen molar-refractivity contribution in [3.63, 3.8) is 0 Å². The molecule has 134 valence electrons. The zero-order valence-corrected chi connectivity index (χ0v) is 15.2.